The summed E-state index contributed by atoms with van der Waals surface area (Å²) in [6, 6.07) is 5.82. The number of hydrogen-bond donors (Lipinski definition) is 0. The number of benzene rings is 1. The van der Waals surface area contributed by atoms with Crippen molar-refractivity contribution < 1.29 is 26.4 Å². The summed E-state index contributed by atoms with van der Waals surface area (Å²) in [4.78, 5) is 17.3. The molecule has 0 bridgehead atoms. The van der Waals surface area contributed by atoms with Gasteiger partial charge in [-0.3, -0.25) is 9.69 Å². The first-order valence-corrected chi connectivity index (χ1v) is 11.9. The summed E-state index contributed by atoms with van der Waals surface area (Å²) in [5.74, 6) is -1.30. The summed E-state index contributed by atoms with van der Waals surface area (Å²) in [5.41, 5.74) is 0.333. The molecule has 0 fully saturated rings. The van der Waals surface area contributed by atoms with Gasteiger partial charge in [0.05, 0.1) is 10.6 Å². The third-order valence-corrected chi connectivity index (χ3v) is 7.44. The van der Waals surface area contributed by atoms with Gasteiger partial charge in [0.1, 0.15) is 5.69 Å². The zero-order valence-electron chi connectivity index (χ0n) is 16.3. The fourth-order valence-electron chi connectivity index (χ4n) is 2.59. The maximum Gasteiger partial charge on any atom is 0.445 e. The second kappa shape index (κ2) is 8.93. The van der Waals surface area contributed by atoms with E-state index in [1.54, 1.807) is 12.1 Å². The normalized spacial score (nSPS) is 12.1. The van der Waals surface area contributed by atoms with Gasteiger partial charge in [-0.15, -0.1) is 10.2 Å². The van der Waals surface area contributed by atoms with Crippen LogP contribution in [-0.2, 0) is 16.0 Å². The SMILES string of the molecule is CCS(=O)(=O)c1cc(-c2cc(Cl)cc(Cl)c2)cnc1C(=O)N(C)c1nnc(C(F)(F)F)s1. The summed E-state index contributed by atoms with van der Waals surface area (Å²) < 4.78 is 63.8. The molecule has 1 aromatic carbocycles. The molecular formula is C18H13Cl2F3N4O3S2. The summed E-state index contributed by atoms with van der Waals surface area (Å²) in [5, 5.41) is 5.41. The third-order valence-electron chi connectivity index (χ3n) is 4.21. The van der Waals surface area contributed by atoms with E-state index in [-0.39, 0.29) is 27.1 Å². The van der Waals surface area contributed by atoms with Crippen molar-refractivity contribution >= 4 is 55.4 Å². The molecule has 0 spiro atoms. The smallest absolute Gasteiger partial charge is 0.284 e. The lowest BCUT2D eigenvalue weighted by Crippen LogP contribution is -2.29. The summed E-state index contributed by atoms with van der Waals surface area (Å²) in [6.45, 7) is 1.39. The minimum absolute atomic E-state index is 0.145. The van der Waals surface area contributed by atoms with Crippen LogP contribution >= 0.6 is 34.5 Å². The van der Waals surface area contributed by atoms with Crippen molar-refractivity contribution in [2.75, 3.05) is 17.7 Å². The van der Waals surface area contributed by atoms with E-state index in [0.29, 0.717) is 21.2 Å². The summed E-state index contributed by atoms with van der Waals surface area (Å²) in [6.07, 6.45) is -3.48. The van der Waals surface area contributed by atoms with Crippen LogP contribution in [0.3, 0.4) is 0 Å². The minimum atomic E-state index is -4.73. The fourth-order valence-corrected chi connectivity index (χ4v) is 4.84. The number of alkyl halides is 3. The molecule has 0 aliphatic rings. The number of carbonyl (C=O) groups excluding carboxylic acids is 1. The second-order valence-corrected chi connectivity index (χ2v) is 10.5. The first kappa shape index (κ1) is 24.4. The zero-order valence-corrected chi connectivity index (χ0v) is 19.5. The largest absolute Gasteiger partial charge is 0.445 e. The molecule has 32 heavy (non-hydrogen) atoms. The van der Waals surface area contributed by atoms with Crippen LogP contribution in [0.25, 0.3) is 11.1 Å². The van der Waals surface area contributed by atoms with E-state index < -0.39 is 32.6 Å². The lowest BCUT2D eigenvalue weighted by molar-refractivity contribution is -0.138. The minimum Gasteiger partial charge on any atom is -0.284 e. The zero-order chi connectivity index (χ0) is 23.8. The van der Waals surface area contributed by atoms with E-state index in [4.69, 9.17) is 23.2 Å². The van der Waals surface area contributed by atoms with Crippen molar-refractivity contribution in [2.24, 2.45) is 0 Å². The molecule has 2 aromatic heterocycles. The first-order chi connectivity index (χ1) is 14.8. The topological polar surface area (TPSA) is 93.1 Å². The van der Waals surface area contributed by atoms with E-state index in [0.717, 1.165) is 11.9 Å². The first-order valence-electron chi connectivity index (χ1n) is 8.71. The van der Waals surface area contributed by atoms with E-state index in [1.807, 2.05) is 0 Å². The molecule has 14 heteroatoms. The van der Waals surface area contributed by atoms with Gasteiger partial charge in [0.25, 0.3) is 5.91 Å². The highest BCUT2D eigenvalue weighted by Gasteiger charge is 2.37. The molecule has 0 unspecified atom stereocenters. The number of sulfone groups is 1. The lowest BCUT2D eigenvalue weighted by Gasteiger charge is -2.16. The van der Waals surface area contributed by atoms with Gasteiger partial charge in [-0.05, 0) is 29.8 Å². The van der Waals surface area contributed by atoms with Crippen LogP contribution in [0.1, 0.15) is 22.4 Å². The molecule has 3 rings (SSSR count). The Balaban J connectivity index is 2.09. The number of amides is 1. The monoisotopic (exact) mass is 524 g/mol. The van der Waals surface area contributed by atoms with Gasteiger partial charge in [0.2, 0.25) is 10.1 Å². The van der Waals surface area contributed by atoms with Gasteiger partial charge in [0.15, 0.2) is 9.84 Å². The van der Waals surface area contributed by atoms with E-state index >= 15 is 0 Å². The van der Waals surface area contributed by atoms with Crippen molar-refractivity contribution in [3.63, 3.8) is 0 Å². The maximum absolute atomic E-state index is 13.0. The van der Waals surface area contributed by atoms with Crippen molar-refractivity contribution in [2.45, 2.75) is 18.0 Å². The van der Waals surface area contributed by atoms with Crippen LogP contribution in [0.2, 0.25) is 10.0 Å². The van der Waals surface area contributed by atoms with Gasteiger partial charge in [-0.1, -0.05) is 41.5 Å². The Morgan fingerprint density at radius 3 is 2.25 bits per heavy atom. The average Bonchev–Trinajstić information content (AvgIpc) is 3.22. The Morgan fingerprint density at radius 1 is 1.09 bits per heavy atom. The third kappa shape index (κ3) is 5.03. The highest BCUT2D eigenvalue weighted by molar-refractivity contribution is 7.91. The van der Waals surface area contributed by atoms with Gasteiger partial charge in [-0.25, -0.2) is 13.4 Å². The molecule has 1 amide bonds. The molecule has 0 atom stereocenters. The van der Waals surface area contributed by atoms with Crippen LogP contribution in [0.15, 0.2) is 35.4 Å². The number of hydrogen-bond acceptors (Lipinski definition) is 7. The molecule has 3 aromatic rings. The van der Waals surface area contributed by atoms with Crippen LogP contribution in [0.4, 0.5) is 18.3 Å². The van der Waals surface area contributed by atoms with Crippen LogP contribution < -0.4 is 4.90 Å². The molecule has 0 saturated carbocycles. The van der Waals surface area contributed by atoms with Crippen molar-refractivity contribution in [3.8, 4) is 11.1 Å². The van der Waals surface area contributed by atoms with E-state index in [2.05, 4.69) is 15.2 Å². The van der Waals surface area contributed by atoms with Crippen LogP contribution in [0, 0.1) is 0 Å². The number of rotatable bonds is 5. The Kier molecular flexibility index (Phi) is 6.80. The van der Waals surface area contributed by atoms with Gasteiger partial charge in [0, 0.05) is 28.9 Å². The standard InChI is InChI=1S/C18H13Cl2F3N4O3S2/c1-3-32(29,30)13-6-10(9-4-11(19)7-12(20)5-9)8-24-14(13)15(28)27(2)17-26-25-16(31-17)18(21,22)23/h4-8H,3H2,1-2H3. The lowest BCUT2D eigenvalue weighted by atomic mass is 10.1. The molecular weight excluding hydrogens is 512 g/mol. The molecule has 0 aliphatic carbocycles. The Hall–Kier alpha value is -2.28. The van der Waals surface area contributed by atoms with Crippen molar-refractivity contribution in [3.05, 3.63) is 51.2 Å². The summed E-state index contributed by atoms with van der Waals surface area (Å²) in [7, 11) is -2.80. The van der Waals surface area contributed by atoms with Crippen LogP contribution in [0.5, 0.6) is 0 Å². The number of nitrogens with zero attached hydrogens (tertiary/aromatic N) is 4. The highest BCUT2D eigenvalue weighted by Crippen LogP contribution is 2.35. The summed E-state index contributed by atoms with van der Waals surface area (Å²) >= 11 is 12.2. The van der Waals surface area contributed by atoms with Crippen LogP contribution in [-0.4, -0.2) is 42.3 Å². The molecule has 170 valence electrons. The van der Waals surface area contributed by atoms with Crippen molar-refractivity contribution in [1.29, 1.82) is 0 Å². The molecule has 2 heterocycles. The van der Waals surface area contributed by atoms with Crippen molar-refractivity contribution in [1.82, 2.24) is 15.2 Å². The molecule has 7 nitrogen and oxygen atoms in total. The Labute approximate surface area is 194 Å². The highest BCUT2D eigenvalue weighted by atomic mass is 35.5. The molecule has 0 N–H and O–H groups in total. The van der Waals surface area contributed by atoms with Gasteiger partial charge >= 0.3 is 6.18 Å². The van der Waals surface area contributed by atoms with Gasteiger partial charge in [-0.2, -0.15) is 13.2 Å². The average molecular weight is 525 g/mol. The van der Waals surface area contributed by atoms with E-state index in [9.17, 15) is 26.4 Å². The molecule has 0 saturated heterocycles. The Bertz CT molecular complexity index is 1280. The number of halogens is 5. The second-order valence-electron chi connectivity index (χ2n) is 6.38. The predicted octanol–water partition coefficient (Wildman–Crippen LogP) is 5.00. The number of anilines is 1. The van der Waals surface area contributed by atoms with E-state index in [1.165, 1.54) is 25.3 Å². The Morgan fingerprint density at radius 2 is 1.72 bits per heavy atom. The molecule has 0 aliphatic heterocycles. The number of carbonyl (C=O) groups is 1. The predicted molar refractivity (Wildman–Crippen MR) is 115 cm³/mol. The quantitative estimate of drug-likeness (QED) is 0.466. The fraction of sp³-hybridized carbons (Fsp3) is 0.222. The van der Waals surface area contributed by atoms with Gasteiger partial charge < -0.3 is 0 Å². The maximum atomic E-state index is 13.0. The number of pyridine rings is 1. The molecule has 0 radical (unpaired) electrons. The number of aromatic nitrogens is 3.